The highest BCUT2D eigenvalue weighted by molar-refractivity contribution is 6.01. The number of methoxy groups -OCH3 is 4. The first-order valence-corrected chi connectivity index (χ1v) is 7.98. The second-order valence-electron chi connectivity index (χ2n) is 5.37. The number of ether oxygens (including phenoxy) is 5. The molecule has 0 fully saturated rings. The fourth-order valence-electron chi connectivity index (χ4n) is 2.47. The van der Waals surface area contributed by atoms with Crippen molar-refractivity contribution in [3.05, 3.63) is 35.9 Å². The summed E-state index contributed by atoms with van der Waals surface area (Å²) in [5, 5.41) is 19.7. The number of rotatable bonds is 9. The molecule has 27 heavy (non-hydrogen) atoms. The van der Waals surface area contributed by atoms with Crippen LogP contribution >= 0.6 is 0 Å². The Bertz CT molecular complexity index is 755. The summed E-state index contributed by atoms with van der Waals surface area (Å²) in [6, 6.07) is 7.67. The smallest absolute Gasteiger partial charge is 0.205 e. The Morgan fingerprint density at radius 2 is 1.41 bits per heavy atom. The minimum atomic E-state index is -1.24. The van der Waals surface area contributed by atoms with E-state index in [1.54, 1.807) is 18.2 Å². The van der Waals surface area contributed by atoms with Crippen LogP contribution in [-0.4, -0.2) is 57.1 Å². The monoisotopic (exact) mass is 378 g/mol. The van der Waals surface area contributed by atoms with Gasteiger partial charge in [0.15, 0.2) is 29.1 Å². The number of aliphatic hydroxyl groups excluding tert-OH is 1. The van der Waals surface area contributed by atoms with Crippen LogP contribution in [0.4, 0.5) is 0 Å². The maximum atomic E-state index is 12.9. The van der Waals surface area contributed by atoms with Crippen molar-refractivity contribution in [1.82, 2.24) is 0 Å². The van der Waals surface area contributed by atoms with E-state index >= 15 is 0 Å². The third-order valence-corrected chi connectivity index (χ3v) is 3.87. The van der Waals surface area contributed by atoms with Crippen LogP contribution in [0.3, 0.4) is 0 Å². The zero-order valence-electron chi connectivity index (χ0n) is 15.5. The molecule has 0 saturated heterocycles. The molecule has 1 atom stereocenters. The van der Waals surface area contributed by atoms with Gasteiger partial charge < -0.3 is 33.9 Å². The lowest BCUT2D eigenvalue weighted by molar-refractivity contribution is 0.0643. The molecule has 0 bridgehead atoms. The van der Waals surface area contributed by atoms with E-state index in [0.29, 0.717) is 11.5 Å². The first-order valence-electron chi connectivity index (χ1n) is 7.98. The maximum Gasteiger partial charge on any atom is 0.205 e. The number of phenols is 1. The van der Waals surface area contributed by atoms with E-state index < -0.39 is 18.5 Å². The van der Waals surface area contributed by atoms with Crippen LogP contribution in [0.2, 0.25) is 0 Å². The number of hydrogen-bond acceptors (Lipinski definition) is 8. The Labute approximate surface area is 156 Å². The molecule has 8 nitrogen and oxygen atoms in total. The number of Topliss-reactive ketones (excluding diaryl/α,β-unsaturated/α-hetero) is 1. The Kier molecular flexibility index (Phi) is 6.73. The fraction of sp³-hybridized carbons (Fsp3) is 0.316. The molecule has 0 aliphatic rings. The van der Waals surface area contributed by atoms with E-state index in [1.807, 2.05) is 0 Å². The molecule has 0 heterocycles. The predicted octanol–water partition coefficient (Wildman–Crippen LogP) is 2.05. The van der Waals surface area contributed by atoms with E-state index in [0.717, 1.165) is 0 Å². The van der Waals surface area contributed by atoms with Crippen LogP contribution in [-0.2, 0) is 0 Å². The van der Waals surface area contributed by atoms with Crippen LogP contribution in [0.25, 0.3) is 0 Å². The van der Waals surface area contributed by atoms with Crippen molar-refractivity contribution in [1.29, 1.82) is 0 Å². The summed E-state index contributed by atoms with van der Waals surface area (Å²) in [5.74, 6) is 0.232. The quantitative estimate of drug-likeness (QED) is 0.639. The van der Waals surface area contributed by atoms with Crippen molar-refractivity contribution in [3.63, 3.8) is 0 Å². The first kappa shape index (κ1) is 20.2. The van der Waals surface area contributed by atoms with Crippen molar-refractivity contribution in [2.24, 2.45) is 0 Å². The van der Waals surface area contributed by atoms with E-state index in [9.17, 15) is 15.0 Å². The van der Waals surface area contributed by atoms with Crippen molar-refractivity contribution in [3.8, 4) is 34.5 Å². The van der Waals surface area contributed by atoms with Crippen LogP contribution in [0.1, 0.15) is 10.4 Å². The van der Waals surface area contributed by atoms with Crippen molar-refractivity contribution in [2.45, 2.75) is 6.10 Å². The molecule has 8 heteroatoms. The lowest BCUT2D eigenvalue weighted by Crippen LogP contribution is -2.31. The minimum Gasteiger partial charge on any atom is -0.502 e. The summed E-state index contributed by atoms with van der Waals surface area (Å²) >= 11 is 0. The highest BCUT2D eigenvalue weighted by Crippen LogP contribution is 2.39. The summed E-state index contributed by atoms with van der Waals surface area (Å²) in [4.78, 5) is 12.9. The van der Waals surface area contributed by atoms with Gasteiger partial charge in [-0.3, -0.25) is 4.79 Å². The molecule has 0 spiro atoms. The lowest BCUT2D eigenvalue weighted by Gasteiger charge is -2.20. The van der Waals surface area contributed by atoms with Crippen molar-refractivity contribution < 1.29 is 38.7 Å². The Hall–Kier alpha value is -3.13. The molecule has 0 aromatic heterocycles. The zero-order valence-corrected chi connectivity index (χ0v) is 15.5. The number of aromatic hydroxyl groups is 1. The SMILES string of the molecule is COc1cc(C(=O)C(CO)Oc2c(OC)cccc2OC)cc(OC)c1O. The molecule has 0 radical (unpaired) electrons. The molecule has 2 aromatic rings. The molecular weight excluding hydrogens is 356 g/mol. The summed E-state index contributed by atoms with van der Waals surface area (Å²) < 4.78 is 26.3. The van der Waals surface area contributed by atoms with Gasteiger partial charge in [0, 0.05) is 5.56 Å². The van der Waals surface area contributed by atoms with Gasteiger partial charge >= 0.3 is 0 Å². The molecule has 146 valence electrons. The van der Waals surface area contributed by atoms with Gasteiger partial charge in [0.05, 0.1) is 35.0 Å². The summed E-state index contributed by atoms with van der Waals surface area (Å²) in [7, 11) is 5.60. The van der Waals surface area contributed by atoms with Gasteiger partial charge in [-0.1, -0.05) is 6.07 Å². The lowest BCUT2D eigenvalue weighted by atomic mass is 10.0. The number of aliphatic hydroxyl groups is 1. The number of carbonyl (C=O) groups is 1. The second-order valence-corrected chi connectivity index (χ2v) is 5.37. The number of carbonyl (C=O) groups excluding carboxylic acids is 1. The largest absolute Gasteiger partial charge is 0.502 e. The Balaban J connectivity index is 2.41. The first-order chi connectivity index (χ1) is 13.0. The molecule has 2 rings (SSSR count). The number of benzene rings is 2. The molecule has 2 N–H and O–H groups in total. The van der Waals surface area contributed by atoms with Gasteiger partial charge in [-0.25, -0.2) is 0 Å². The molecular formula is C19H22O8. The second kappa shape index (κ2) is 9.00. The highest BCUT2D eigenvalue weighted by atomic mass is 16.6. The predicted molar refractivity (Wildman–Crippen MR) is 96.6 cm³/mol. The number of para-hydroxylation sites is 1. The minimum absolute atomic E-state index is 0.0595. The molecule has 0 saturated carbocycles. The summed E-state index contributed by atoms with van der Waals surface area (Å²) in [6.45, 7) is -0.592. The van der Waals surface area contributed by atoms with Crippen LogP contribution in [0.15, 0.2) is 30.3 Å². The third kappa shape index (κ3) is 4.17. The van der Waals surface area contributed by atoms with Crippen LogP contribution < -0.4 is 23.7 Å². The van der Waals surface area contributed by atoms with E-state index in [2.05, 4.69) is 0 Å². The number of phenolic OH excluding ortho intramolecular Hbond substituents is 1. The molecule has 1 unspecified atom stereocenters. The van der Waals surface area contributed by atoms with Gasteiger partial charge in [0.2, 0.25) is 17.3 Å². The Morgan fingerprint density at radius 1 is 0.926 bits per heavy atom. The molecule has 0 aliphatic heterocycles. The van der Waals surface area contributed by atoms with E-state index in [-0.39, 0.29) is 28.6 Å². The average molecular weight is 378 g/mol. The molecule has 0 aliphatic carbocycles. The molecule has 0 amide bonds. The number of hydrogen-bond donors (Lipinski definition) is 2. The Morgan fingerprint density at radius 3 is 1.81 bits per heavy atom. The van der Waals surface area contributed by atoms with E-state index in [1.165, 1.54) is 40.6 Å². The van der Waals surface area contributed by atoms with E-state index in [4.69, 9.17) is 23.7 Å². The van der Waals surface area contributed by atoms with Gasteiger partial charge in [0.1, 0.15) is 0 Å². The fourth-order valence-corrected chi connectivity index (χ4v) is 2.47. The maximum absolute atomic E-state index is 12.9. The van der Waals surface area contributed by atoms with Crippen LogP contribution in [0, 0.1) is 0 Å². The zero-order chi connectivity index (χ0) is 20.0. The van der Waals surface area contributed by atoms with Crippen molar-refractivity contribution in [2.75, 3.05) is 35.0 Å². The average Bonchev–Trinajstić information content (AvgIpc) is 2.71. The van der Waals surface area contributed by atoms with Gasteiger partial charge in [-0.2, -0.15) is 0 Å². The van der Waals surface area contributed by atoms with Crippen molar-refractivity contribution >= 4 is 5.78 Å². The highest BCUT2D eigenvalue weighted by Gasteiger charge is 2.26. The van der Waals surface area contributed by atoms with Gasteiger partial charge in [-0.15, -0.1) is 0 Å². The normalized spacial score (nSPS) is 11.4. The topological polar surface area (TPSA) is 104 Å². The van der Waals surface area contributed by atoms with Crippen LogP contribution in [0.5, 0.6) is 34.5 Å². The third-order valence-electron chi connectivity index (χ3n) is 3.87. The standard InChI is InChI=1S/C19H22O8/c1-23-12-6-5-7-13(24-2)19(12)27-16(10-20)17(21)11-8-14(25-3)18(22)15(9-11)26-4/h5-9,16,20,22H,10H2,1-4H3. The van der Waals surface area contributed by atoms with Gasteiger partial charge in [0.25, 0.3) is 0 Å². The summed E-state index contributed by atoms with van der Waals surface area (Å²) in [6.07, 6.45) is -1.24. The number of ketones is 1. The summed E-state index contributed by atoms with van der Waals surface area (Å²) in [5.41, 5.74) is 0.134. The van der Waals surface area contributed by atoms with Gasteiger partial charge in [-0.05, 0) is 24.3 Å². The molecule has 2 aromatic carbocycles.